The van der Waals surface area contributed by atoms with Crippen molar-refractivity contribution in [1.29, 1.82) is 0 Å². The van der Waals surface area contributed by atoms with Gasteiger partial charge in [0.15, 0.2) is 0 Å². The molecule has 0 aliphatic heterocycles. The van der Waals surface area contributed by atoms with Gasteiger partial charge in [0.05, 0.1) is 17.3 Å². The van der Waals surface area contributed by atoms with Crippen molar-refractivity contribution in [3.05, 3.63) is 35.4 Å². The number of tetrazole rings is 1. The largest absolute Gasteiger partial charge is 0.348 e. The molecule has 0 bridgehead atoms. The van der Waals surface area contributed by atoms with E-state index in [1.54, 1.807) is 0 Å². The Morgan fingerprint density at radius 1 is 1.31 bits per heavy atom. The highest BCUT2D eigenvalue weighted by Crippen LogP contribution is 2.41. The molecule has 4 rings (SSSR count). The molecule has 1 fully saturated rings. The minimum atomic E-state index is -0.236. The highest BCUT2D eigenvalue weighted by atomic mass is 32.2. The Labute approximate surface area is 158 Å². The molecule has 1 N–H and O–H groups in total. The minimum Gasteiger partial charge on any atom is -0.348 e. The first kappa shape index (κ1) is 17.5. The molecule has 1 saturated carbocycles. The molecule has 1 heterocycles. The Morgan fingerprint density at radius 2 is 2.08 bits per heavy atom. The number of carbonyl (C=O) groups excluding carboxylic acids is 1. The van der Waals surface area contributed by atoms with Gasteiger partial charge in [0, 0.05) is 0 Å². The Bertz CT molecular complexity index is 814. The standard InChI is InChI=1S/C19H25N5OS/c1-12(26-18-21-22-23-24(18)13-8-9-13)17(25)20-16-10-11-19(2,3)15-7-5-4-6-14(15)16/h4-7,12-13,16H,8-11H2,1-3H3,(H,20,25). The molecular formula is C19H25N5OS. The number of thioether (sulfide) groups is 1. The van der Waals surface area contributed by atoms with Crippen molar-refractivity contribution in [2.75, 3.05) is 0 Å². The van der Waals surface area contributed by atoms with Gasteiger partial charge in [-0.05, 0) is 59.6 Å². The lowest BCUT2D eigenvalue weighted by Crippen LogP contribution is -2.38. The zero-order valence-corrected chi connectivity index (χ0v) is 16.3. The zero-order valence-electron chi connectivity index (χ0n) is 15.5. The molecule has 1 amide bonds. The van der Waals surface area contributed by atoms with Gasteiger partial charge in [-0.3, -0.25) is 4.79 Å². The van der Waals surface area contributed by atoms with Gasteiger partial charge in [-0.15, -0.1) is 5.10 Å². The summed E-state index contributed by atoms with van der Waals surface area (Å²) < 4.78 is 1.85. The lowest BCUT2D eigenvalue weighted by molar-refractivity contribution is -0.121. The van der Waals surface area contributed by atoms with Crippen molar-refractivity contribution in [2.24, 2.45) is 0 Å². The van der Waals surface area contributed by atoms with Gasteiger partial charge in [0.1, 0.15) is 0 Å². The number of nitrogens with zero attached hydrogens (tertiary/aromatic N) is 4. The normalized spacial score (nSPS) is 22.5. The van der Waals surface area contributed by atoms with Crippen LogP contribution in [-0.4, -0.2) is 31.4 Å². The first-order chi connectivity index (χ1) is 12.5. The van der Waals surface area contributed by atoms with Crippen LogP contribution in [0, 0.1) is 0 Å². The quantitative estimate of drug-likeness (QED) is 0.816. The van der Waals surface area contributed by atoms with Gasteiger partial charge in [-0.2, -0.15) is 0 Å². The predicted octanol–water partition coefficient (Wildman–Crippen LogP) is 3.42. The molecule has 0 radical (unpaired) electrons. The van der Waals surface area contributed by atoms with Crippen LogP contribution in [0.4, 0.5) is 0 Å². The summed E-state index contributed by atoms with van der Waals surface area (Å²) in [6, 6.07) is 8.97. The number of benzene rings is 1. The molecule has 7 heteroatoms. The second kappa shape index (κ2) is 6.68. The number of aromatic nitrogens is 4. The van der Waals surface area contributed by atoms with Crippen LogP contribution in [0.2, 0.25) is 0 Å². The highest BCUT2D eigenvalue weighted by Gasteiger charge is 2.34. The monoisotopic (exact) mass is 371 g/mol. The SMILES string of the molecule is CC(Sc1nnnn1C1CC1)C(=O)NC1CCC(C)(C)c2ccccc21. The van der Waals surface area contributed by atoms with Crippen molar-refractivity contribution in [3.63, 3.8) is 0 Å². The van der Waals surface area contributed by atoms with Crippen LogP contribution in [0.1, 0.15) is 69.7 Å². The number of amides is 1. The molecule has 0 saturated heterocycles. The third kappa shape index (κ3) is 3.37. The summed E-state index contributed by atoms with van der Waals surface area (Å²) in [6.07, 6.45) is 4.27. The Hall–Kier alpha value is -1.89. The van der Waals surface area contributed by atoms with Gasteiger partial charge in [0.2, 0.25) is 11.1 Å². The van der Waals surface area contributed by atoms with E-state index in [1.807, 2.05) is 11.6 Å². The third-order valence-electron chi connectivity index (χ3n) is 5.45. The number of nitrogens with one attached hydrogen (secondary N) is 1. The molecule has 26 heavy (non-hydrogen) atoms. The molecule has 0 spiro atoms. The van der Waals surface area contributed by atoms with Crippen LogP contribution in [0.15, 0.2) is 29.4 Å². The predicted molar refractivity (Wildman–Crippen MR) is 101 cm³/mol. The molecule has 6 nitrogen and oxygen atoms in total. The number of rotatable bonds is 5. The highest BCUT2D eigenvalue weighted by molar-refractivity contribution is 8.00. The van der Waals surface area contributed by atoms with Crippen LogP contribution in [0.25, 0.3) is 0 Å². The van der Waals surface area contributed by atoms with Crippen LogP contribution in [0.5, 0.6) is 0 Å². The molecule has 1 aromatic heterocycles. The summed E-state index contributed by atoms with van der Waals surface area (Å²) in [4.78, 5) is 12.8. The molecule has 2 aliphatic carbocycles. The van der Waals surface area contributed by atoms with Crippen molar-refractivity contribution in [2.45, 2.75) is 74.4 Å². The maximum atomic E-state index is 12.8. The van der Waals surface area contributed by atoms with Crippen molar-refractivity contribution < 1.29 is 4.79 Å². The van der Waals surface area contributed by atoms with Gasteiger partial charge < -0.3 is 5.32 Å². The van der Waals surface area contributed by atoms with E-state index >= 15 is 0 Å². The van der Waals surface area contributed by atoms with E-state index in [0.29, 0.717) is 6.04 Å². The fraction of sp³-hybridized carbons (Fsp3) is 0.579. The minimum absolute atomic E-state index is 0.0415. The van der Waals surface area contributed by atoms with E-state index < -0.39 is 0 Å². The van der Waals surface area contributed by atoms with Crippen molar-refractivity contribution >= 4 is 17.7 Å². The zero-order chi connectivity index (χ0) is 18.3. The van der Waals surface area contributed by atoms with E-state index in [9.17, 15) is 4.79 Å². The second-order valence-electron chi connectivity index (χ2n) is 7.97. The maximum absolute atomic E-state index is 12.8. The first-order valence-corrected chi connectivity index (χ1v) is 10.2. The van der Waals surface area contributed by atoms with Crippen LogP contribution >= 0.6 is 11.8 Å². The molecule has 2 aliphatic rings. The summed E-state index contributed by atoms with van der Waals surface area (Å²) in [7, 11) is 0. The topological polar surface area (TPSA) is 72.7 Å². The third-order valence-corrected chi connectivity index (χ3v) is 6.49. The van der Waals surface area contributed by atoms with E-state index in [1.165, 1.54) is 22.9 Å². The van der Waals surface area contributed by atoms with E-state index in [-0.39, 0.29) is 22.6 Å². The first-order valence-electron chi connectivity index (χ1n) is 9.30. The molecule has 1 aromatic carbocycles. The fourth-order valence-electron chi connectivity index (χ4n) is 3.67. The fourth-order valence-corrected chi connectivity index (χ4v) is 4.54. The van der Waals surface area contributed by atoms with Crippen LogP contribution < -0.4 is 5.32 Å². The molecule has 2 aromatic rings. The smallest absolute Gasteiger partial charge is 0.233 e. The van der Waals surface area contributed by atoms with Crippen LogP contribution in [-0.2, 0) is 10.2 Å². The van der Waals surface area contributed by atoms with Gasteiger partial charge in [-0.25, -0.2) is 4.68 Å². The van der Waals surface area contributed by atoms with Gasteiger partial charge in [0.25, 0.3) is 0 Å². The molecule has 2 atom stereocenters. The molecule has 138 valence electrons. The number of hydrogen-bond acceptors (Lipinski definition) is 5. The maximum Gasteiger partial charge on any atom is 0.233 e. The summed E-state index contributed by atoms with van der Waals surface area (Å²) in [5, 5.41) is 15.7. The summed E-state index contributed by atoms with van der Waals surface area (Å²) in [5.74, 6) is 0.0415. The lowest BCUT2D eigenvalue weighted by Gasteiger charge is -2.37. The van der Waals surface area contributed by atoms with Gasteiger partial charge >= 0.3 is 0 Å². The summed E-state index contributed by atoms with van der Waals surface area (Å²) >= 11 is 1.44. The Kier molecular flexibility index (Phi) is 4.50. The molecule has 2 unspecified atom stereocenters. The van der Waals surface area contributed by atoms with E-state index in [0.717, 1.165) is 30.8 Å². The number of fused-ring (bicyclic) bond motifs is 1. The average molecular weight is 372 g/mol. The summed E-state index contributed by atoms with van der Waals surface area (Å²) in [5.41, 5.74) is 2.75. The average Bonchev–Trinajstić information content (AvgIpc) is 3.37. The number of hydrogen-bond donors (Lipinski definition) is 1. The number of carbonyl (C=O) groups is 1. The molecular weight excluding hydrogens is 346 g/mol. The van der Waals surface area contributed by atoms with Gasteiger partial charge in [-0.1, -0.05) is 49.9 Å². The summed E-state index contributed by atoms with van der Waals surface area (Å²) in [6.45, 7) is 6.48. The Morgan fingerprint density at radius 3 is 2.85 bits per heavy atom. The second-order valence-corrected chi connectivity index (χ2v) is 9.28. The van der Waals surface area contributed by atoms with Crippen LogP contribution in [0.3, 0.4) is 0 Å². The lowest BCUT2D eigenvalue weighted by atomic mass is 9.71. The van der Waals surface area contributed by atoms with E-state index in [4.69, 9.17) is 0 Å². The van der Waals surface area contributed by atoms with Crippen molar-refractivity contribution in [1.82, 2.24) is 25.5 Å². The van der Waals surface area contributed by atoms with Crippen molar-refractivity contribution in [3.8, 4) is 0 Å². The Balaban J connectivity index is 1.45. The van der Waals surface area contributed by atoms with E-state index in [2.05, 4.69) is 59.0 Å².